The van der Waals surface area contributed by atoms with E-state index in [1.165, 1.54) is 23.6 Å². The van der Waals surface area contributed by atoms with Crippen LogP contribution in [0.2, 0.25) is 0 Å². The van der Waals surface area contributed by atoms with Gasteiger partial charge < -0.3 is 5.32 Å². The average Bonchev–Trinajstić information content (AvgIpc) is 2.56. The van der Waals surface area contributed by atoms with Gasteiger partial charge in [0.05, 0.1) is 11.9 Å². The number of aromatic nitrogens is 1. The summed E-state index contributed by atoms with van der Waals surface area (Å²) >= 11 is 1.51. The van der Waals surface area contributed by atoms with Gasteiger partial charge in [-0.1, -0.05) is 13.8 Å². The van der Waals surface area contributed by atoms with Crippen molar-refractivity contribution in [1.82, 2.24) is 4.37 Å². The first-order valence-electron chi connectivity index (χ1n) is 4.43. The predicted octanol–water partition coefficient (Wildman–Crippen LogP) is 2.60. The van der Waals surface area contributed by atoms with Gasteiger partial charge in [0.15, 0.2) is 0 Å². The molecule has 0 radical (unpaired) electrons. The molecule has 1 aromatic rings. The molecule has 3 atom stereocenters. The quantitative estimate of drug-likeness (QED) is 0.760. The Bertz CT molecular complexity index is 245. The smallest absolute Gasteiger partial charge is 0.0655 e. The van der Waals surface area contributed by atoms with E-state index in [1.807, 2.05) is 6.20 Å². The van der Waals surface area contributed by atoms with Gasteiger partial charge >= 0.3 is 0 Å². The molecule has 0 spiro atoms. The third kappa shape index (κ3) is 1.33. The van der Waals surface area contributed by atoms with Gasteiger partial charge in [-0.2, -0.15) is 4.37 Å². The van der Waals surface area contributed by atoms with Gasteiger partial charge in [-0.25, -0.2) is 0 Å². The highest BCUT2D eigenvalue weighted by Gasteiger charge is 2.34. The maximum Gasteiger partial charge on any atom is 0.0655 e. The first-order valence-corrected chi connectivity index (χ1v) is 5.27. The zero-order valence-electron chi connectivity index (χ0n) is 7.45. The molecule has 1 N–H and O–H groups in total. The predicted molar refractivity (Wildman–Crippen MR) is 52.5 cm³/mol. The van der Waals surface area contributed by atoms with Crippen molar-refractivity contribution in [3.8, 4) is 0 Å². The minimum atomic E-state index is 0.677. The van der Waals surface area contributed by atoms with Crippen LogP contribution in [0.15, 0.2) is 11.6 Å². The summed E-state index contributed by atoms with van der Waals surface area (Å²) < 4.78 is 4.06. The lowest BCUT2D eigenvalue weighted by Crippen LogP contribution is -2.43. The van der Waals surface area contributed by atoms with Crippen LogP contribution < -0.4 is 5.32 Å². The van der Waals surface area contributed by atoms with E-state index in [2.05, 4.69) is 28.9 Å². The van der Waals surface area contributed by atoms with Crippen molar-refractivity contribution in [3.63, 3.8) is 0 Å². The zero-order valence-corrected chi connectivity index (χ0v) is 8.27. The summed E-state index contributed by atoms with van der Waals surface area (Å²) in [6, 6.07) is 0.677. The van der Waals surface area contributed by atoms with Crippen molar-refractivity contribution in [2.45, 2.75) is 26.3 Å². The van der Waals surface area contributed by atoms with Gasteiger partial charge in [0.25, 0.3) is 0 Å². The Labute approximate surface area is 77.2 Å². The molecule has 2 rings (SSSR count). The highest BCUT2D eigenvalue weighted by molar-refractivity contribution is 7.04. The summed E-state index contributed by atoms with van der Waals surface area (Å²) in [4.78, 5) is 0. The molecule has 0 saturated heterocycles. The fourth-order valence-electron chi connectivity index (χ4n) is 1.71. The van der Waals surface area contributed by atoms with Crippen LogP contribution in [0.25, 0.3) is 0 Å². The van der Waals surface area contributed by atoms with Gasteiger partial charge in [0.2, 0.25) is 0 Å². The first kappa shape index (κ1) is 8.05. The van der Waals surface area contributed by atoms with Crippen LogP contribution in [-0.2, 0) is 0 Å². The van der Waals surface area contributed by atoms with Crippen molar-refractivity contribution < 1.29 is 0 Å². The monoisotopic (exact) mass is 182 g/mol. The van der Waals surface area contributed by atoms with Gasteiger partial charge in [0.1, 0.15) is 0 Å². The van der Waals surface area contributed by atoms with Crippen LogP contribution in [-0.4, -0.2) is 10.4 Å². The average molecular weight is 182 g/mol. The van der Waals surface area contributed by atoms with Crippen LogP contribution in [0, 0.1) is 11.8 Å². The molecule has 3 heteroatoms. The number of rotatable bonds is 2. The van der Waals surface area contributed by atoms with Gasteiger partial charge in [0, 0.05) is 11.4 Å². The number of nitrogens with one attached hydrogen (secondary N) is 1. The number of hydrogen-bond acceptors (Lipinski definition) is 3. The Morgan fingerprint density at radius 1 is 1.58 bits per heavy atom. The van der Waals surface area contributed by atoms with E-state index in [1.54, 1.807) is 0 Å². The third-order valence-electron chi connectivity index (χ3n) is 2.94. The molecule has 0 aromatic carbocycles. The highest BCUT2D eigenvalue weighted by Crippen LogP contribution is 2.35. The standard InChI is InChI=1S/C9H14N2S/c1-6-3-9(7(6)2)11-8-4-10-12-5-8/h4-7,9,11H,3H2,1-2H3. The fraction of sp³-hybridized carbons (Fsp3) is 0.667. The molecule has 0 bridgehead atoms. The van der Waals surface area contributed by atoms with E-state index >= 15 is 0 Å². The molecule has 0 aliphatic heterocycles. The summed E-state index contributed by atoms with van der Waals surface area (Å²) in [5.41, 5.74) is 1.18. The van der Waals surface area contributed by atoms with E-state index in [4.69, 9.17) is 0 Å². The molecule has 1 fully saturated rings. The van der Waals surface area contributed by atoms with Crippen molar-refractivity contribution in [2.75, 3.05) is 5.32 Å². The van der Waals surface area contributed by atoms with Crippen LogP contribution in [0.5, 0.6) is 0 Å². The van der Waals surface area contributed by atoms with Gasteiger partial charge in [-0.3, -0.25) is 0 Å². The molecule has 1 aromatic heterocycles. The Hall–Kier alpha value is -0.570. The number of anilines is 1. The van der Waals surface area contributed by atoms with Crippen molar-refractivity contribution in [1.29, 1.82) is 0 Å². The van der Waals surface area contributed by atoms with E-state index in [0.717, 1.165) is 11.8 Å². The van der Waals surface area contributed by atoms with E-state index in [0.29, 0.717) is 6.04 Å². The SMILES string of the molecule is CC1CC(Nc2cnsc2)C1C. The molecule has 2 nitrogen and oxygen atoms in total. The molecule has 1 aliphatic carbocycles. The summed E-state index contributed by atoms with van der Waals surface area (Å²) in [7, 11) is 0. The lowest BCUT2D eigenvalue weighted by atomic mass is 9.71. The fourth-order valence-corrected chi connectivity index (χ4v) is 2.19. The summed E-state index contributed by atoms with van der Waals surface area (Å²) in [5.74, 6) is 1.69. The second-order valence-corrected chi connectivity index (χ2v) is 4.39. The maximum atomic E-state index is 4.06. The Balaban J connectivity index is 1.90. The van der Waals surface area contributed by atoms with Crippen LogP contribution >= 0.6 is 11.5 Å². The third-order valence-corrected chi connectivity index (χ3v) is 3.53. The molecule has 0 amide bonds. The topological polar surface area (TPSA) is 24.9 Å². The van der Waals surface area contributed by atoms with Crippen LogP contribution in [0.1, 0.15) is 20.3 Å². The molecule has 66 valence electrons. The van der Waals surface area contributed by atoms with Gasteiger partial charge in [-0.05, 0) is 29.8 Å². The van der Waals surface area contributed by atoms with Gasteiger partial charge in [-0.15, -0.1) is 0 Å². The second kappa shape index (κ2) is 3.05. The van der Waals surface area contributed by atoms with E-state index in [9.17, 15) is 0 Å². The molecule has 12 heavy (non-hydrogen) atoms. The van der Waals surface area contributed by atoms with Crippen molar-refractivity contribution in [2.24, 2.45) is 11.8 Å². The summed E-state index contributed by atoms with van der Waals surface area (Å²) in [6.07, 6.45) is 3.21. The normalized spacial score (nSPS) is 34.3. The molecular weight excluding hydrogens is 168 g/mol. The Morgan fingerprint density at radius 3 is 2.92 bits per heavy atom. The molecule has 1 saturated carbocycles. The number of nitrogens with zero attached hydrogens (tertiary/aromatic N) is 1. The van der Waals surface area contributed by atoms with Crippen LogP contribution in [0.3, 0.4) is 0 Å². The largest absolute Gasteiger partial charge is 0.380 e. The minimum absolute atomic E-state index is 0.677. The minimum Gasteiger partial charge on any atom is -0.380 e. The zero-order chi connectivity index (χ0) is 8.55. The molecule has 3 unspecified atom stereocenters. The van der Waals surface area contributed by atoms with Crippen LogP contribution in [0.4, 0.5) is 5.69 Å². The lowest BCUT2D eigenvalue weighted by Gasteiger charge is -2.41. The van der Waals surface area contributed by atoms with Crippen molar-refractivity contribution >= 4 is 17.2 Å². The summed E-state index contributed by atoms with van der Waals surface area (Å²) in [5, 5.41) is 5.55. The molecule has 1 aliphatic rings. The molecule has 1 heterocycles. The van der Waals surface area contributed by atoms with E-state index < -0.39 is 0 Å². The Morgan fingerprint density at radius 2 is 2.42 bits per heavy atom. The molecular formula is C9H14N2S. The second-order valence-electron chi connectivity index (χ2n) is 3.74. The maximum absolute atomic E-state index is 4.06. The van der Waals surface area contributed by atoms with Crippen molar-refractivity contribution in [3.05, 3.63) is 11.6 Å². The summed E-state index contributed by atoms with van der Waals surface area (Å²) in [6.45, 7) is 4.63. The Kier molecular flexibility index (Phi) is 2.05. The lowest BCUT2D eigenvalue weighted by molar-refractivity contribution is 0.189. The van der Waals surface area contributed by atoms with E-state index in [-0.39, 0.29) is 0 Å². The number of hydrogen-bond donors (Lipinski definition) is 1. The highest BCUT2D eigenvalue weighted by atomic mass is 32.1. The first-order chi connectivity index (χ1) is 5.77.